The molecular weight excluding hydrogens is 334 g/mol. The molecule has 6 heteroatoms. The number of amides is 2. The van der Waals surface area contributed by atoms with Crippen LogP contribution in [0, 0.1) is 0 Å². The van der Waals surface area contributed by atoms with E-state index in [1.165, 1.54) is 11.3 Å². The van der Waals surface area contributed by atoms with E-state index in [1.54, 1.807) is 11.9 Å². The third kappa shape index (κ3) is 4.81. The molecule has 0 fully saturated rings. The molecule has 3 rings (SSSR count). The Morgan fingerprint density at radius 1 is 1.12 bits per heavy atom. The number of carbonyl (C=O) groups is 1. The number of urea groups is 1. The molecule has 0 saturated heterocycles. The summed E-state index contributed by atoms with van der Waals surface area (Å²) in [6.45, 7) is 0.915. The molecule has 0 spiro atoms. The number of anilines is 1. The second kappa shape index (κ2) is 8.30. The summed E-state index contributed by atoms with van der Waals surface area (Å²) in [5.41, 5.74) is 1.89. The van der Waals surface area contributed by atoms with Crippen molar-refractivity contribution in [3.8, 4) is 17.0 Å². The Morgan fingerprint density at radius 2 is 1.80 bits per heavy atom. The van der Waals surface area contributed by atoms with Crippen LogP contribution in [0.5, 0.6) is 5.75 Å². The van der Waals surface area contributed by atoms with Gasteiger partial charge in [0.05, 0.1) is 12.2 Å². The molecule has 0 saturated carbocycles. The monoisotopic (exact) mass is 353 g/mol. The van der Waals surface area contributed by atoms with Gasteiger partial charge in [0.2, 0.25) is 0 Å². The maximum atomic E-state index is 12.2. The molecule has 0 aliphatic heterocycles. The van der Waals surface area contributed by atoms with Crippen LogP contribution in [0.1, 0.15) is 0 Å². The Balaban J connectivity index is 1.49. The van der Waals surface area contributed by atoms with E-state index in [9.17, 15) is 4.79 Å². The van der Waals surface area contributed by atoms with E-state index in [-0.39, 0.29) is 6.03 Å². The Kier molecular flexibility index (Phi) is 5.64. The number of benzene rings is 2. The summed E-state index contributed by atoms with van der Waals surface area (Å²) in [7, 11) is 1.73. The number of hydrogen-bond donors (Lipinski definition) is 1. The van der Waals surface area contributed by atoms with Gasteiger partial charge in [0.25, 0.3) is 0 Å². The number of para-hydroxylation sites is 1. The number of nitrogens with zero attached hydrogens (tertiary/aromatic N) is 2. The predicted molar refractivity (Wildman–Crippen MR) is 101 cm³/mol. The summed E-state index contributed by atoms with van der Waals surface area (Å²) in [6.07, 6.45) is 0. The summed E-state index contributed by atoms with van der Waals surface area (Å²) < 4.78 is 5.60. The van der Waals surface area contributed by atoms with Crippen LogP contribution in [0.2, 0.25) is 0 Å². The molecule has 2 amide bonds. The van der Waals surface area contributed by atoms with Crippen molar-refractivity contribution in [3.05, 3.63) is 66.0 Å². The Labute approximate surface area is 150 Å². The number of likely N-dealkylation sites (N-methyl/N-ethyl adjacent to an activating group) is 1. The number of thiazole rings is 1. The number of carbonyl (C=O) groups excluding carboxylic acids is 1. The fraction of sp³-hybridized carbons (Fsp3) is 0.158. The van der Waals surface area contributed by atoms with E-state index in [0.29, 0.717) is 18.3 Å². The second-order valence-electron chi connectivity index (χ2n) is 5.42. The maximum absolute atomic E-state index is 12.2. The van der Waals surface area contributed by atoms with Crippen LogP contribution in [0.4, 0.5) is 9.93 Å². The number of hydrogen-bond acceptors (Lipinski definition) is 4. The summed E-state index contributed by atoms with van der Waals surface area (Å²) in [4.78, 5) is 18.3. The number of rotatable bonds is 6. The topological polar surface area (TPSA) is 54.5 Å². The van der Waals surface area contributed by atoms with Crippen LogP contribution in [0.15, 0.2) is 66.0 Å². The second-order valence-corrected chi connectivity index (χ2v) is 6.28. The van der Waals surface area contributed by atoms with Crippen LogP contribution in [0.25, 0.3) is 11.3 Å². The minimum Gasteiger partial charge on any atom is -0.492 e. The van der Waals surface area contributed by atoms with E-state index in [0.717, 1.165) is 17.0 Å². The van der Waals surface area contributed by atoms with Gasteiger partial charge in [-0.1, -0.05) is 48.5 Å². The third-order valence-electron chi connectivity index (χ3n) is 3.57. The predicted octanol–water partition coefficient (Wildman–Crippen LogP) is 4.35. The third-order valence-corrected chi connectivity index (χ3v) is 4.33. The van der Waals surface area contributed by atoms with Crippen molar-refractivity contribution in [1.82, 2.24) is 9.88 Å². The molecule has 25 heavy (non-hydrogen) atoms. The van der Waals surface area contributed by atoms with Gasteiger partial charge in [0, 0.05) is 18.0 Å². The zero-order valence-electron chi connectivity index (χ0n) is 13.9. The van der Waals surface area contributed by atoms with Gasteiger partial charge >= 0.3 is 6.03 Å². The molecule has 128 valence electrons. The minimum atomic E-state index is -0.203. The average molecular weight is 353 g/mol. The van der Waals surface area contributed by atoms with E-state index in [2.05, 4.69) is 10.3 Å². The molecule has 0 radical (unpaired) electrons. The van der Waals surface area contributed by atoms with Gasteiger partial charge in [-0.3, -0.25) is 5.32 Å². The first kappa shape index (κ1) is 17.0. The van der Waals surface area contributed by atoms with Crippen LogP contribution in [0.3, 0.4) is 0 Å². The van der Waals surface area contributed by atoms with Crippen LogP contribution >= 0.6 is 11.3 Å². The Hall–Kier alpha value is -2.86. The fourth-order valence-electron chi connectivity index (χ4n) is 2.18. The lowest BCUT2D eigenvalue weighted by Gasteiger charge is -2.17. The number of nitrogens with one attached hydrogen (secondary N) is 1. The van der Waals surface area contributed by atoms with Crippen molar-refractivity contribution in [2.45, 2.75) is 0 Å². The van der Waals surface area contributed by atoms with Crippen molar-refractivity contribution >= 4 is 22.5 Å². The first-order chi connectivity index (χ1) is 12.2. The standard InChI is InChI=1S/C19H19N3O2S/c1-22(12-13-24-16-10-6-3-7-11-16)19(23)21-18-20-17(14-25-18)15-8-4-2-5-9-15/h2-11,14H,12-13H2,1H3,(H,20,21,23). The van der Waals surface area contributed by atoms with Gasteiger partial charge in [0.15, 0.2) is 5.13 Å². The average Bonchev–Trinajstić information content (AvgIpc) is 3.12. The molecule has 0 aliphatic rings. The maximum Gasteiger partial charge on any atom is 0.323 e. The molecule has 0 atom stereocenters. The quantitative estimate of drug-likeness (QED) is 0.717. The van der Waals surface area contributed by atoms with Gasteiger partial charge in [-0.2, -0.15) is 0 Å². The van der Waals surface area contributed by atoms with Crippen molar-refractivity contribution < 1.29 is 9.53 Å². The molecule has 2 aromatic carbocycles. The number of aromatic nitrogens is 1. The Morgan fingerprint density at radius 3 is 2.52 bits per heavy atom. The van der Waals surface area contributed by atoms with E-state index in [1.807, 2.05) is 66.0 Å². The molecule has 0 aliphatic carbocycles. The van der Waals surface area contributed by atoms with Crippen LogP contribution in [-0.2, 0) is 0 Å². The molecule has 1 aromatic heterocycles. The van der Waals surface area contributed by atoms with Crippen molar-refractivity contribution in [2.24, 2.45) is 0 Å². The lowest BCUT2D eigenvalue weighted by atomic mass is 10.2. The normalized spacial score (nSPS) is 10.3. The van der Waals surface area contributed by atoms with Gasteiger partial charge in [-0.05, 0) is 12.1 Å². The van der Waals surface area contributed by atoms with Crippen molar-refractivity contribution in [2.75, 3.05) is 25.5 Å². The molecule has 0 bridgehead atoms. The van der Waals surface area contributed by atoms with E-state index in [4.69, 9.17) is 4.74 Å². The minimum absolute atomic E-state index is 0.203. The highest BCUT2D eigenvalue weighted by atomic mass is 32.1. The lowest BCUT2D eigenvalue weighted by molar-refractivity contribution is 0.207. The zero-order chi connectivity index (χ0) is 17.5. The van der Waals surface area contributed by atoms with Crippen LogP contribution in [-0.4, -0.2) is 36.1 Å². The summed E-state index contributed by atoms with van der Waals surface area (Å²) in [5, 5.41) is 5.34. The van der Waals surface area contributed by atoms with E-state index >= 15 is 0 Å². The highest BCUT2D eigenvalue weighted by Gasteiger charge is 2.12. The summed E-state index contributed by atoms with van der Waals surface area (Å²) in [6, 6.07) is 19.2. The van der Waals surface area contributed by atoms with Gasteiger partial charge < -0.3 is 9.64 Å². The summed E-state index contributed by atoms with van der Waals surface area (Å²) in [5.74, 6) is 0.795. The molecular formula is C19H19N3O2S. The fourth-order valence-corrected chi connectivity index (χ4v) is 2.89. The molecule has 1 N–H and O–H groups in total. The SMILES string of the molecule is CN(CCOc1ccccc1)C(=O)Nc1nc(-c2ccccc2)cs1. The zero-order valence-corrected chi connectivity index (χ0v) is 14.7. The summed E-state index contributed by atoms with van der Waals surface area (Å²) >= 11 is 1.41. The molecule has 5 nitrogen and oxygen atoms in total. The highest BCUT2D eigenvalue weighted by Crippen LogP contribution is 2.24. The molecule has 1 heterocycles. The smallest absolute Gasteiger partial charge is 0.323 e. The van der Waals surface area contributed by atoms with Crippen molar-refractivity contribution in [1.29, 1.82) is 0 Å². The number of ether oxygens (including phenoxy) is 1. The van der Waals surface area contributed by atoms with Gasteiger partial charge in [-0.25, -0.2) is 9.78 Å². The molecule has 0 unspecified atom stereocenters. The van der Waals surface area contributed by atoms with Crippen LogP contribution < -0.4 is 10.1 Å². The lowest BCUT2D eigenvalue weighted by Crippen LogP contribution is -2.34. The van der Waals surface area contributed by atoms with Crippen molar-refractivity contribution in [3.63, 3.8) is 0 Å². The van der Waals surface area contributed by atoms with Gasteiger partial charge in [0.1, 0.15) is 12.4 Å². The first-order valence-electron chi connectivity index (χ1n) is 7.93. The van der Waals surface area contributed by atoms with E-state index < -0.39 is 0 Å². The highest BCUT2D eigenvalue weighted by molar-refractivity contribution is 7.14. The largest absolute Gasteiger partial charge is 0.492 e. The molecule has 3 aromatic rings. The first-order valence-corrected chi connectivity index (χ1v) is 8.81. The Bertz CT molecular complexity index is 806. The van der Waals surface area contributed by atoms with Gasteiger partial charge in [-0.15, -0.1) is 11.3 Å².